The highest BCUT2D eigenvalue weighted by Crippen LogP contribution is 2.12. The van der Waals surface area contributed by atoms with Crippen LogP contribution >= 0.6 is 0 Å². The number of hydrogen-bond acceptors (Lipinski definition) is 7. The Morgan fingerprint density at radius 2 is 1.35 bits per heavy atom. The van der Waals surface area contributed by atoms with Gasteiger partial charge in [0.1, 0.15) is 6.04 Å². The number of nitrogens with one attached hydrogen (secondary N) is 3. The third-order valence-electron chi connectivity index (χ3n) is 5.81. The Labute approximate surface area is 230 Å². The second kappa shape index (κ2) is 13.7. The SMILES string of the molecule is C[C@@H](O)[C@H](NC(=O)c1ccc(C#Cc2ccc(NC(=O)[C@@H](N)Cc3ccc(C(=O)O)cc3)cc2)cc1)C(=O)NO. The normalized spacial score (nSPS) is 12.6. The lowest BCUT2D eigenvalue weighted by Crippen LogP contribution is -2.51. The number of carboxylic acid groups (broad SMARTS) is 1. The van der Waals surface area contributed by atoms with E-state index in [9.17, 15) is 24.3 Å². The summed E-state index contributed by atoms with van der Waals surface area (Å²) in [6, 6.07) is 17.1. The first kappa shape index (κ1) is 29.5. The molecular formula is C29H28N4O7. The summed E-state index contributed by atoms with van der Waals surface area (Å²) in [7, 11) is 0. The van der Waals surface area contributed by atoms with Gasteiger partial charge in [0.05, 0.1) is 17.7 Å². The van der Waals surface area contributed by atoms with E-state index in [-0.39, 0.29) is 23.5 Å². The van der Waals surface area contributed by atoms with Crippen LogP contribution in [0.2, 0.25) is 0 Å². The van der Waals surface area contributed by atoms with E-state index >= 15 is 0 Å². The molecule has 3 aromatic rings. The summed E-state index contributed by atoms with van der Waals surface area (Å²) in [6.07, 6.45) is -0.975. The molecule has 0 aliphatic heterocycles. The first-order valence-corrected chi connectivity index (χ1v) is 12.1. The van der Waals surface area contributed by atoms with Crippen LogP contribution in [0.5, 0.6) is 0 Å². The maximum Gasteiger partial charge on any atom is 0.335 e. The molecule has 0 fully saturated rings. The number of anilines is 1. The van der Waals surface area contributed by atoms with Crippen LogP contribution in [0.4, 0.5) is 5.69 Å². The van der Waals surface area contributed by atoms with Crippen LogP contribution in [0.25, 0.3) is 0 Å². The smallest absolute Gasteiger partial charge is 0.335 e. The molecule has 40 heavy (non-hydrogen) atoms. The molecule has 11 nitrogen and oxygen atoms in total. The molecule has 0 aliphatic carbocycles. The Balaban J connectivity index is 1.55. The fourth-order valence-corrected chi connectivity index (χ4v) is 3.55. The molecule has 0 radical (unpaired) electrons. The van der Waals surface area contributed by atoms with Crippen molar-refractivity contribution < 1.29 is 34.6 Å². The van der Waals surface area contributed by atoms with E-state index in [1.54, 1.807) is 48.5 Å². The number of carbonyl (C=O) groups is 4. The van der Waals surface area contributed by atoms with Gasteiger partial charge in [-0.05, 0) is 79.6 Å². The van der Waals surface area contributed by atoms with Gasteiger partial charge in [0, 0.05) is 22.4 Å². The molecule has 3 atom stereocenters. The number of benzene rings is 3. The average Bonchev–Trinajstić information content (AvgIpc) is 2.95. The summed E-state index contributed by atoms with van der Waals surface area (Å²) in [5.74, 6) is 2.99. The van der Waals surface area contributed by atoms with E-state index in [0.717, 1.165) is 5.56 Å². The molecule has 0 heterocycles. The lowest BCUT2D eigenvalue weighted by molar-refractivity contribution is -0.133. The zero-order valence-corrected chi connectivity index (χ0v) is 21.4. The van der Waals surface area contributed by atoms with Gasteiger partial charge in [0.25, 0.3) is 11.8 Å². The number of nitrogens with two attached hydrogens (primary N) is 1. The molecular weight excluding hydrogens is 516 g/mol. The van der Waals surface area contributed by atoms with E-state index in [0.29, 0.717) is 16.8 Å². The van der Waals surface area contributed by atoms with Gasteiger partial charge in [-0.1, -0.05) is 24.0 Å². The Hall–Kier alpha value is -5.02. The van der Waals surface area contributed by atoms with E-state index in [1.165, 1.54) is 36.7 Å². The predicted molar refractivity (Wildman–Crippen MR) is 145 cm³/mol. The summed E-state index contributed by atoms with van der Waals surface area (Å²) >= 11 is 0. The van der Waals surface area contributed by atoms with Crippen LogP contribution in [-0.2, 0) is 16.0 Å². The van der Waals surface area contributed by atoms with Crippen molar-refractivity contribution in [3.63, 3.8) is 0 Å². The first-order valence-electron chi connectivity index (χ1n) is 12.1. The van der Waals surface area contributed by atoms with Gasteiger partial charge in [-0.15, -0.1) is 0 Å². The Morgan fingerprint density at radius 3 is 1.85 bits per heavy atom. The maximum atomic E-state index is 12.5. The second-order valence-electron chi connectivity index (χ2n) is 8.87. The lowest BCUT2D eigenvalue weighted by Gasteiger charge is -2.19. The average molecular weight is 545 g/mol. The van der Waals surface area contributed by atoms with Crippen molar-refractivity contribution in [1.82, 2.24) is 10.8 Å². The van der Waals surface area contributed by atoms with Gasteiger partial charge >= 0.3 is 5.97 Å². The standard InChI is InChI=1S/C29H28N4O7/c1-17(34)25(28(37)33-40)32-26(35)21-10-4-18(5-11-21)2-3-19-8-14-23(15-9-19)31-27(36)24(30)16-20-6-12-22(13-7-20)29(38)39/h4-15,17,24-25,34,40H,16,30H2,1H3,(H,31,36)(H,32,35)(H,33,37)(H,38,39)/t17-,24+,25+/m1/s1. The van der Waals surface area contributed by atoms with Crippen LogP contribution in [0.15, 0.2) is 72.8 Å². The van der Waals surface area contributed by atoms with Crippen molar-refractivity contribution in [2.75, 3.05) is 5.32 Å². The molecule has 3 rings (SSSR count). The van der Waals surface area contributed by atoms with Crippen molar-refractivity contribution in [3.05, 3.63) is 101 Å². The number of aliphatic hydroxyl groups is 1. The second-order valence-corrected chi connectivity index (χ2v) is 8.87. The third-order valence-corrected chi connectivity index (χ3v) is 5.81. The minimum absolute atomic E-state index is 0.156. The van der Waals surface area contributed by atoms with Gasteiger partial charge in [0.15, 0.2) is 0 Å². The molecule has 0 spiro atoms. The van der Waals surface area contributed by atoms with Crippen molar-refractivity contribution in [3.8, 4) is 11.8 Å². The first-order chi connectivity index (χ1) is 19.1. The van der Waals surface area contributed by atoms with E-state index < -0.39 is 36.0 Å². The largest absolute Gasteiger partial charge is 0.478 e. The summed E-state index contributed by atoms with van der Waals surface area (Å²) < 4.78 is 0. The Bertz CT molecular complexity index is 1420. The maximum absolute atomic E-state index is 12.5. The van der Waals surface area contributed by atoms with Gasteiger partial charge in [-0.3, -0.25) is 19.6 Å². The van der Waals surface area contributed by atoms with E-state index in [4.69, 9.17) is 16.0 Å². The van der Waals surface area contributed by atoms with Crippen LogP contribution in [-0.4, -0.2) is 57.3 Å². The molecule has 0 saturated carbocycles. The van der Waals surface area contributed by atoms with E-state index in [1.807, 2.05) is 0 Å². The van der Waals surface area contributed by atoms with Gasteiger partial charge < -0.3 is 26.6 Å². The number of hydrogen-bond donors (Lipinski definition) is 7. The van der Waals surface area contributed by atoms with Crippen molar-refractivity contribution in [2.45, 2.75) is 31.5 Å². The topological polar surface area (TPSA) is 191 Å². The molecule has 0 aliphatic rings. The molecule has 8 N–H and O–H groups in total. The fraction of sp³-hybridized carbons (Fsp3) is 0.172. The molecule has 11 heteroatoms. The lowest BCUT2D eigenvalue weighted by atomic mass is 10.0. The molecule has 3 amide bonds. The highest BCUT2D eigenvalue weighted by molar-refractivity contribution is 5.97. The molecule has 0 saturated heterocycles. The highest BCUT2D eigenvalue weighted by atomic mass is 16.5. The number of amides is 3. The van der Waals surface area contributed by atoms with Gasteiger partial charge in [-0.2, -0.15) is 0 Å². The third kappa shape index (κ3) is 8.24. The van der Waals surface area contributed by atoms with Crippen LogP contribution in [0.3, 0.4) is 0 Å². The van der Waals surface area contributed by atoms with Crippen LogP contribution < -0.4 is 21.8 Å². The van der Waals surface area contributed by atoms with E-state index in [2.05, 4.69) is 22.5 Å². The summed E-state index contributed by atoms with van der Waals surface area (Å²) in [5.41, 5.74) is 10.4. The van der Waals surface area contributed by atoms with Gasteiger partial charge in [-0.25, -0.2) is 10.3 Å². The predicted octanol–water partition coefficient (Wildman–Crippen LogP) is 1.28. The number of carbonyl (C=O) groups excluding carboxylic acids is 3. The fourth-order valence-electron chi connectivity index (χ4n) is 3.55. The summed E-state index contributed by atoms with van der Waals surface area (Å²) in [5, 5.41) is 32.5. The monoisotopic (exact) mass is 544 g/mol. The minimum Gasteiger partial charge on any atom is -0.478 e. The quantitative estimate of drug-likeness (QED) is 0.119. The number of aliphatic hydroxyl groups excluding tert-OH is 1. The highest BCUT2D eigenvalue weighted by Gasteiger charge is 2.25. The number of carboxylic acids is 1. The molecule has 206 valence electrons. The van der Waals surface area contributed by atoms with Gasteiger partial charge in [0.2, 0.25) is 5.91 Å². The number of aromatic carboxylic acids is 1. The Kier molecular flexibility index (Phi) is 10.1. The van der Waals surface area contributed by atoms with Crippen molar-refractivity contribution >= 4 is 29.4 Å². The summed E-state index contributed by atoms with van der Waals surface area (Å²) in [6.45, 7) is 1.31. The van der Waals surface area contributed by atoms with Crippen molar-refractivity contribution in [1.29, 1.82) is 0 Å². The summed E-state index contributed by atoms with van der Waals surface area (Å²) in [4.78, 5) is 47.4. The van der Waals surface area contributed by atoms with Crippen molar-refractivity contribution in [2.24, 2.45) is 5.73 Å². The number of hydroxylamine groups is 1. The molecule has 0 unspecified atom stereocenters. The molecule has 3 aromatic carbocycles. The molecule has 0 bridgehead atoms. The Morgan fingerprint density at radius 1 is 0.825 bits per heavy atom. The van der Waals surface area contributed by atoms with Crippen LogP contribution in [0, 0.1) is 11.8 Å². The molecule has 0 aromatic heterocycles. The van der Waals surface area contributed by atoms with Crippen LogP contribution in [0.1, 0.15) is 44.3 Å². The number of rotatable bonds is 9. The zero-order chi connectivity index (χ0) is 29.2. The minimum atomic E-state index is -1.32. The zero-order valence-electron chi connectivity index (χ0n) is 21.4.